The third kappa shape index (κ3) is 5.36. The molecule has 2 aromatic carbocycles. The summed E-state index contributed by atoms with van der Waals surface area (Å²) in [5, 5.41) is -0.291. The van der Waals surface area contributed by atoms with E-state index in [2.05, 4.69) is 38.4 Å². The zero-order valence-electron chi connectivity index (χ0n) is 16.2. The van der Waals surface area contributed by atoms with Gasteiger partial charge in [-0.05, 0) is 60.2 Å². The Balaban J connectivity index is 1.86. The lowest BCUT2D eigenvalue weighted by atomic mass is 10.1. The van der Waals surface area contributed by atoms with Crippen molar-refractivity contribution in [3.63, 3.8) is 0 Å². The highest BCUT2D eigenvalue weighted by Gasteiger charge is 2.35. The quantitative estimate of drug-likeness (QED) is 0.280. The average Bonchev–Trinajstić information content (AvgIpc) is 2.98. The molecule has 1 saturated heterocycles. The highest BCUT2D eigenvalue weighted by molar-refractivity contribution is 9.10. The van der Waals surface area contributed by atoms with Crippen molar-refractivity contribution in [1.82, 2.24) is 4.90 Å². The van der Waals surface area contributed by atoms with Crippen LogP contribution in [0.25, 0.3) is 6.08 Å². The normalized spacial score (nSPS) is 15.0. The van der Waals surface area contributed by atoms with Crippen LogP contribution in [-0.4, -0.2) is 29.3 Å². The SMILES string of the molecule is C=CCOc1cc(Br)c(/C=C2\SC(=O)N(Cc3ccc(Br)cc3)C2=O)cc1OCC. The largest absolute Gasteiger partial charge is 0.490 e. The molecular formula is C22H19Br2NO4S. The second-order valence-corrected chi connectivity index (χ2v) is 9.01. The molecule has 0 radical (unpaired) electrons. The maximum Gasteiger partial charge on any atom is 0.293 e. The third-order valence-electron chi connectivity index (χ3n) is 4.13. The summed E-state index contributed by atoms with van der Waals surface area (Å²) in [5.74, 6) is 0.816. The number of ether oxygens (including phenoxy) is 2. The summed E-state index contributed by atoms with van der Waals surface area (Å²) in [6.07, 6.45) is 3.34. The van der Waals surface area contributed by atoms with E-state index in [0.29, 0.717) is 29.6 Å². The van der Waals surface area contributed by atoms with Gasteiger partial charge in [0.05, 0.1) is 18.1 Å². The van der Waals surface area contributed by atoms with E-state index in [9.17, 15) is 9.59 Å². The molecule has 0 atom stereocenters. The van der Waals surface area contributed by atoms with E-state index in [4.69, 9.17) is 9.47 Å². The first-order chi connectivity index (χ1) is 14.4. The molecule has 2 amide bonds. The number of hydrogen-bond donors (Lipinski definition) is 0. The zero-order chi connectivity index (χ0) is 21.7. The number of halogens is 2. The van der Waals surface area contributed by atoms with Crippen molar-refractivity contribution < 1.29 is 19.1 Å². The Labute approximate surface area is 196 Å². The van der Waals surface area contributed by atoms with Gasteiger partial charge in [-0.2, -0.15) is 0 Å². The van der Waals surface area contributed by atoms with Crippen LogP contribution < -0.4 is 9.47 Å². The van der Waals surface area contributed by atoms with E-state index in [-0.39, 0.29) is 17.7 Å². The van der Waals surface area contributed by atoms with Crippen LogP contribution in [0.1, 0.15) is 18.1 Å². The summed E-state index contributed by atoms with van der Waals surface area (Å²) in [6.45, 7) is 6.58. The highest BCUT2D eigenvalue weighted by Crippen LogP contribution is 2.38. The Morgan fingerprint density at radius 2 is 1.80 bits per heavy atom. The maximum absolute atomic E-state index is 12.8. The monoisotopic (exact) mass is 551 g/mol. The fourth-order valence-electron chi connectivity index (χ4n) is 2.74. The van der Waals surface area contributed by atoms with Crippen molar-refractivity contribution in [3.8, 4) is 11.5 Å². The molecule has 0 aliphatic carbocycles. The molecule has 0 spiro atoms. The van der Waals surface area contributed by atoms with Gasteiger partial charge < -0.3 is 9.47 Å². The van der Waals surface area contributed by atoms with Crippen molar-refractivity contribution in [1.29, 1.82) is 0 Å². The molecule has 0 aromatic heterocycles. The molecule has 1 aliphatic rings. The van der Waals surface area contributed by atoms with Gasteiger partial charge >= 0.3 is 0 Å². The standard InChI is InChI=1S/C22H19Br2NO4S/c1-3-9-29-19-12-17(24)15(10-18(19)28-4-2)11-20-21(26)25(22(27)30-20)13-14-5-7-16(23)8-6-14/h3,5-8,10-12H,1,4,9,13H2,2H3/b20-11-. The molecule has 3 rings (SSSR count). The van der Waals surface area contributed by atoms with Gasteiger partial charge in [-0.1, -0.05) is 56.6 Å². The van der Waals surface area contributed by atoms with Crippen LogP contribution >= 0.6 is 43.6 Å². The number of thioether (sulfide) groups is 1. The van der Waals surface area contributed by atoms with Gasteiger partial charge in [-0.3, -0.25) is 14.5 Å². The number of benzene rings is 2. The van der Waals surface area contributed by atoms with Crippen molar-refractivity contribution in [3.05, 3.63) is 74.0 Å². The molecule has 30 heavy (non-hydrogen) atoms. The van der Waals surface area contributed by atoms with Gasteiger partial charge in [0.2, 0.25) is 0 Å². The van der Waals surface area contributed by atoms with Gasteiger partial charge in [0.1, 0.15) is 6.61 Å². The fraction of sp³-hybridized carbons (Fsp3) is 0.182. The smallest absolute Gasteiger partial charge is 0.293 e. The average molecular weight is 553 g/mol. The lowest BCUT2D eigenvalue weighted by Crippen LogP contribution is -2.27. The Kier molecular flexibility index (Phi) is 7.80. The molecule has 8 heteroatoms. The molecule has 0 bridgehead atoms. The molecule has 1 heterocycles. The summed E-state index contributed by atoms with van der Waals surface area (Å²) >= 11 is 7.82. The van der Waals surface area contributed by atoms with Gasteiger partial charge in [-0.15, -0.1) is 0 Å². The van der Waals surface area contributed by atoms with Crippen LogP contribution in [0, 0.1) is 0 Å². The van der Waals surface area contributed by atoms with Crippen molar-refractivity contribution in [2.75, 3.05) is 13.2 Å². The summed E-state index contributed by atoms with van der Waals surface area (Å²) in [5.41, 5.74) is 1.60. The second kappa shape index (κ2) is 10.3. The summed E-state index contributed by atoms with van der Waals surface area (Å²) < 4.78 is 13.0. The highest BCUT2D eigenvalue weighted by atomic mass is 79.9. The molecule has 1 fully saturated rings. The minimum absolute atomic E-state index is 0.231. The molecule has 2 aromatic rings. The number of carbonyl (C=O) groups is 2. The van der Waals surface area contributed by atoms with Crippen LogP contribution in [0.4, 0.5) is 4.79 Å². The minimum atomic E-state index is -0.315. The Bertz CT molecular complexity index is 1000. The van der Waals surface area contributed by atoms with E-state index in [0.717, 1.165) is 31.8 Å². The lowest BCUT2D eigenvalue weighted by Gasteiger charge is -2.13. The molecule has 5 nitrogen and oxygen atoms in total. The predicted molar refractivity (Wildman–Crippen MR) is 127 cm³/mol. The second-order valence-electron chi connectivity index (χ2n) is 6.25. The summed E-state index contributed by atoms with van der Waals surface area (Å²) in [6, 6.07) is 11.1. The molecule has 1 aliphatic heterocycles. The van der Waals surface area contributed by atoms with Gasteiger partial charge in [-0.25, -0.2) is 0 Å². The summed E-state index contributed by atoms with van der Waals surface area (Å²) in [4.78, 5) is 26.9. The minimum Gasteiger partial charge on any atom is -0.490 e. The van der Waals surface area contributed by atoms with Crippen LogP contribution in [0.15, 0.2) is 62.9 Å². The summed E-state index contributed by atoms with van der Waals surface area (Å²) in [7, 11) is 0. The Morgan fingerprint density at radius 3 is 2.47 bits per heavy atom. The molecular weight excluding hydrogens is 534 g/mol. The molecule has 0 saturated carbocycles. The van der Waals surface area contributed by atoms with Crippen LogP contribution in [0.2, 0.25) is 0 Å². The van der Waals surface area contributed by atoms with Gasteiger partial charge in [0.15, 0.2) is 11.5 Å². The first-order valence-electron chi connectivity index (χ1n) is 9.12. The Hall–Kier alpha value is -2.03. The number of nitrogens with zero attached hydrogens (tertiary/aromatic N) is 1. The number of amides is 2. The van der Waals surface area contributed by atoms with Crippen LogP contribution in [-0.2, 0) is 11.3 Å². The third-order valence-corrected chi connectivity index (χ3v) is 6.26. The zero-order valence-corrected chi connectivity index (χ0v) is 20.2. The van der Waals surface area contributed by atoms with Crippen LogP contribution in [0.5, 0.6) is 11.5 Å². The number of carbonyl (C=O) groups excluding carboxylic acids is 2. The van der Waals surface area contributed by atoms with E-state index in [1.54, 1.807) is 24.3 Å². The van der Waals surface area contributed by atoms with Gasteiger partial charge in [0, 0.05) is 8.95 Å². The molecule has 156 valence electrons. The number of hydrogen-bond acceptors (Lipinski definition) is 5. The van der Waals surface area contributed by atoms with E-state index < -0.39 is 0 Å². The topological polar surface area (TPSA) is 55.8 Å². The van der Waals surface area contributed by atoms with E-state index in [1.165, 1.54) is 4.90 Å². The Morgan fingerprint density at radius 1 is 1.10 bits per heavy atom. The van der Waals surface area contributed by atoms with Crippen molar-refractivity contribution in [2.45, 2.75) is 13.5 Å². The number of imide groups is 1. The first-order valence-corrected chi connectivity index (χ1v) is 11.5. The lowest BCUT2D eigenvalue weighted by molar-refractivity contribution is -0.123. The molecule has 0 unspecified atom stereocenters. The van der Waals surface area contributed by atoms with Gasteiger partial charge in [0.25, 0.3) is 11.1 Å². The van der Waals surface area contributed by atoms with Crippen LogP contribution in [0.3, 0.4) is 0 Å². The van der Waals surface area contributed by atoms with Crippen molar-refractivity contribution in [2.24, 2.45) is 0 Å². The first kappa shape index (κ1) is 22.7. The molecule has 0 N–H and O–H groups in total. The van der Waals surface area contributed by atoms with E-state index in [1.807, 2.05) is 31.2 Å². The van der Waals surface area contributed by atoms with Crippen molar-refractivity contribution >= 4 is 60.8 Å². The predicted octanol–water partition coefficient (Wildman–Crippen LogP) is 6.41. The van der Waals surface area contributed by atoms with E-state index >= 15 is 0 Å². The number of rotatable bonds is 8. The maximum atomic E-state index is 12.8. The fourth-order valence-corrected chi connectivity index (χ4v) is 4.27.